The van der Waals surface area contributed by atoms with Crippen molar-refractivity contribution in [3.8, 4) is 0 Å². The van der Waals surface area contributed by atoms with Crippen molar-refractivity contribution in [3.63, 3.8) is 0 Å². The van der Waals surface area contributed by atoms with E-state index in [0.29, 0.717) is 10.6 Å². The van der Waals surface area contributed by atoms with Crippen LogP contribution in [0.2, 0.25) is 5.02 Å². The Morgan fingerprint density at radius 1 is 1.26 bits per heavy atom. The summed E-state index contributed by atoms with van der Waals surface area (Å²) in [6.45, 7) is 1.68. The Morgan fingerprint density at radius 3 is 2.58 bits per heavy atom. The molecule has 0 atom stereocenters. The van der Waals surface area contributed by atoms with Crippen LogP contribution in [0, 0.1) is 6.92 Å². The number of nitrogen functional groups attached to an aromatic ring is 1. The molecule has 0 saturated heterocycles. The highest BCUT2D eigenvalue weighted by Gasteiger charge is 2.20. The van der Waals surface area contributed by atoms with Crippen LogP contribution in [0.25, 0.3) is 0 Å². The number of nitrogens with one attached hydrogen (secondary N) is 1. The number of anilines is 2. The van der Waals surface area contributed by atoms with Gasteiger partial charge < -0.3 is 5.73 Å². The summed E-state index contributed by atoms with van der Waals surface area (Å²) in [6, 6.07) is 7.95. The van der Waals surface area contributed by atoms with E-state index in [0.717, 1.165) is 0 Å². The third kappa shape index (κ3) is 2.97. The molecule has 1 heterocycles. The maximum absolute atomic E-state index is 12.3. The minimum absolute atomic E-state index is 0.0618. The summed E-state index contributed by atoms with van der Waals surface area (Å²) in [5.41, 5.74) is 6.49. The molecule has 0 aliphatic carbocycles. The van der Waals surface area contributed by atoms with E-state index in [1.807, 2.05) is 0 Å². The zero-order valence-corrected chi connectivity index (χ0v) is 11.7. The fourth-order valence-corrected chi connectivity index (χ4v) is 3.15. The van der Waals surface area contributed by atoms with Crippen molar-refractivity contribution in [1.82, 2.24) is 4.98 Å². The normalized spacial score (nSPS) is 11.3. The number of nitrogens with zero attached hydrogens (tertiary/aromatic N) is 1. The molecule has 5 nitrogen and oxygen atoms in total. The molecule has 0 aliphatic rings. The molecule has 7 heteroatoms. The zero-order chi connectivity index (χ0) is 14.0. The molecule has 1 aromatic heterocycles. The second-order valence-corrected chi connectivity index (χ2v) is 6.02. The van der Waals surface area contributed by atoms with Gasteiger partial charge in [0.25, 0.3) is 10.0 Å². The van der Waals surface area contributed by atoms with Crippen molar-refractivity contribution in [2.24, 2.45) is 0 Å². The van der Waals surface area contributed by atoms with Crippen molar-refractivity contribution >= 4 is 33.1 Å². The quantitative estimate of drug-likeness (QED) is 0.852. The van der Waals surface area contributed by atoms with Gasteiger partial charge in [-0.15, -0.1) is 0 Å². The predicted molar refractivity (Wildman–Crippen MR) is 75.6 cm³/mol. The van der Waals surface area contributed by atoms with Crippen LogP contribution in [0.4, 0.5) is 11.5 Å². The highest BCUT2D eigenvalue weighted by atomic mass is 35.5. The van der Waals surface area contributed by atoms with Crippen LogP contribution in [0.5, 0.6) is 0 Å². The number of aryl methyl sites for hydroxylation is 1. The first-order chi connectivity index (χ1) is 8.90. The molecule has 3 N–H and O–H groups in total. The SMILES string of the molecule is Cc1cccc(N)c1S(=O)(=O)Nc1ccc(Cl)cn1. The molecular weight excluding hydrogens is 286 g/mol. The molecule has 0 bridgehead atoms. The average Bonchev–Trinajstić information content (AvgIpc) is 2.31. The van der Waals surface area contributed by atoms with Crippen molar-refractivity contribution in [3.05, 3.63) is 47.1 Å². The fourth-order valence-electron chi connectivity index (χ4n) is 1.67. The first-order valence-corrected chi connectivity index (χ1v) is 7.26. The molecule has 1 aromatic carbocycles. The van der Waals surface area contributed by atoms with E-state index in [2.05, 4.69) is 9.71 Å². The molecule has 0 radical (unpaired) electrons. The molecule has 0 unspecified atom stereocenters. The maximum atomic E-state index is 12.3. The molecular formula is C12H12ClN3O2S. The number of sulfonamides is 1. The van der Waals surface area contributed by atoms with Gasteiger partial charge in [0.05, 0.1) is 10.7 Å². The zero-order valence-electron chi connectivity index (χ0n) is 10.1. The van der Waals surface area contributed by atoms with Gasteiger partial charge in [-0.05, 0) is 30.7 Å². The van der Waals surface area contributed by atoms with Gasteiger partial charge in [0.1, 0.15) is 10.7 Å². The van der Waals surface area contributed by atoms with E-state index in [9.17, 15) is 8.42 Å². The van der Waals surface area contributed by atoms with Gasteiger partial charge in [0.2, 0.25) is 0 Å². The Hall–Kier alpha value is -1.79. The van der Waals surface area contributed by atoms with E-state index < -0.39 is 10.0 Å². The van der Waals surface area contributed by atoms with Crippen molar-refractivity contribution in [2.45, 2.75) is 11.8 Å². The van der Waals surface area contributed by atoms with Crippen LogP contribution in [0.15, 0.2) is 41.4 Å². The number of pyridine rings is 1. The first kappa shape index (κ1) is 13.6. The molecule has 2 aromatic rings. The number of benzene rings is 1. The van der Waals surface area contributed by atoms with Crippen LogP contribution in [0.3, 0.4) is 0 Å². The lowest BCUT2D eigenvalue weighted by Gasteiger charge is -2.11. The van der Waals surface area contributed by atoms with Crippen LogP contribution < -0.4 is 10.5 Å². The fraction of sp³-hybridized carbons (Fsp3) is 0.0833. The maximum Gasteiger partial charge on any atom is 0.265 e. The summed E-state index contributed by atoms with van der Waals surface area (Å²) in [6.07, 6.45) is 1.36. The van der Waals surface area contributed by atoms with Gasteiger partial charge in [0.15, 0.2) is 0 Å². The molecule has 0 spiro atoms. The molecule has 2 rings (SSSR count). The Balaban J connectivity index is 2.41. The van der Waals surface area contributed by atoms with Crippen molar-refractivity contribution in [2.75, 3.05) is 10.5 Å². The van der Waals surface area contributed by atoms with Crippen molar-refractivity contribution < 1.29 is 8.42 Å². The van der Waals surface area contributed by atoms with Gasteiger partial charge in [-0.1, -0.05) is 23.7 Å². The molecule has 19 heavy (non-hydrogen) atoms. The molecule has 0 aliphatic heterocycles. The smallest absolute Gasteiger partial charge is 0.265 e. The summed E-state index contributed by atoms with van der Waals surface area (Å²) in [7, 11) is -3.77. The number of hydrogen-bond acceptors (Lipinski definition) is 4. The van der Waals surface area contributed by atoms with Gasteiger partial charge in [-0.2, -0.15) is 0 Å². The minimum Gasteiger partial charge on any atom is -0.398 e. The summed E-state index contributed by atoms with van der Waals surface area (Å²) in [5.74, 6) is 0.187. The predicted octanol–water partition coefficient (Wildman–Crippen LogP) is 2.43. The largest absolute Gasteiger partial charge is 0.398 e. The summed E-state index contributed by atoms with van der Waals surface area (Å²) >= 11 is 5.69. The lowest BCUT2D eigenvalue weighted by Crippen LogP contribution is -2.16. The summed E-state index contributed by atoms with van der Waals surface area (Å²) in [5, 5.41) is 0.429. The molecule has 0 fully saturated rings. The summed E-state index contributed by atoms with van der Waals surface area (Å²) in [4.78, 5) is 3.95. The van der Waals surface area contributed by atoms with Gasteiger partial charge in [0, 0.05) is 6.20 Å². The third-order valence-corrected chi connectivity index (χ3v) is 4.27. The topological polar surface area (TPSA) is 85.1 Å². The van der Waals surface area contributed by atoms with E-state index >= 15 is 0 Å². The minimum atomic E-state index is -3.77. The van der Waals surface area contributed by atoms with Gasteiger partial charge in [-0.3, -0.25) is 4.72 Å². The van der Waals surface area contributed by atoms with Crippen LogP contribution >= 0.6 is 11.6 Å². The number of rotatable bonds is 3. The van der Waals surface area contributed by atoms with Gasteiger partial charge in [-0.25, -0.2) is 13.4 Å². The van der Waals surface area contributed by atoms with Crippen LogP contribution in [-0.4, -0.2) is 13.4 Å². The summed E-state index contributed by atoms with van der Waals surface area (Å²) < 4.78 is 26.9. The number of aromatic nitrogens is 1. The van der Waals surface area contributed by atoms with Crippen molar-refractivity contribution in [1.29, 1.82) is 0 Å². The van der Waals surface area contributed by atoms with E-state index in [4.69, 9.17) is 17.3 Å². The Kier molecular flexibility index (Phi) is 3.64. The Labute approximate surface area is 116 Å². The van der Waals surface area contributed by atoms with E-state index in [1.165, 1.54) is 18.3 Å². The molecule has 0 saturated carbocycles. The second-order valence-electron chi connectivity index (χ2n) is 3.96. The van der Waals surface area contributed by atoms with Crippen LogP contribution in [0.1, 0.15) is 5.56 Å². The lowest BCUT2D eigenvalue weighted by molar-refractivity contribution is 0.601. The lowest BCUT2D eigenvalue weighted by atomic mass is 10.2. The van der Waals surface area contributed by atoms with E-state index in [1.54, 1.807) is 25.1 Å². The number of nitrogens with two attached hydrogens (primary N) is 1. The average molecular weight is 298 g/mol. The highest BCUT2D eigenvalue weighted by molar-refractivity contribution is 7.93. The monoisotopic (exact) mass is 297 g/mol. The Bertz CT molecular complexity index is 679. The standard InChI is InChI=1S/C12H12ClN3O2S/c1-8-3-2-4-10(14)12(8)19(17,18)16-11-6-5-9(13)7-15-11/h2-7H,14H2,1H3,(H,15,16). The molecule has 0 amide bonds. The third-order valence-electron chi connectivity index (χ3n) is 2.48. The van der Waals surface area contributed by atoms with E-state index in [-0.39, 0.29) is 16.4 Å². The van der Waals surface area contributed by atoms with Crippen LogP contribution in [-0.2, 0) is 10.0 Å². The molecule has 100 valence electrons. The number of halogens is 1. The number of hydrogen-bond donors (Lipinski definition) is 2. The first-order valence-electron chi connectivity index (χ1n) is 5.39. The second kappa shape index (κ2) is 5.07. The Morgan fingerprint density at radius 2 is 2.00 bits per heavy atom. The highest BCUT2D eigenvalue weighted by Crippen LogP contribution is 2.24. The van der Waals surface area contributed by atoms with Gasteiger partial charge >= 0.3 is 0 Å².